The van der Waals surface area contributed by atoms with Crippen LogP contribution in [0, 0.1) is 11.6 Å². The molecule has 1 aliphatic rings. The molecule has 2 rings (SSSR count). The van der Waals surface area contributed by atoms with Crippen molar-refractivity contribution in [3.63, 3.8) is 0 Å². The molecule has 1 aromatic carbocycles. The molecule has 0 saturated carbocycles. The first-order chi connectivity index (χ1) is 8.98. The number of likely N-dealkylation sites (tertiary alicyclic amines) is 1. The van der Waals surface area contributed by atoms with E-state index in [-0.39, 0.29) is 5.54 Å². The first-order valence-corrected chi connectivity index (χ1v) is 6.54. The van der Waals surface area contributed by atoms with Crippen molar-refractivity contribution in [2.24, 2.45) is 5.73 Å². The number of rotatable bonds is 4. The molecule has 1 heterocycles. The molecular formula is C14H20F2N2O. The molecule has 0 amide bonds. The highest BCUT2D eigenvalue weighted by molar-refractivity contribution is 5.23. The van der Waals surface area contributed by atoms with Crippen molar-refractivity contribution < 1.29 is 13.5 Å². The van der Waals surface area contributed by atoms with Crippen LogP contribution in [0.2, 0.25) is 0 Å². The maximum Gasteiger partial charge on any atom is 0.162 e. The van der Waals surface area contributed by atoms with Gasteiger partial charge in [0.15, 0.2) is 11.6 Å². The second-order valence-electron chi connectivity index (χ2n) is 5.34. The van der Waals surface area contributed by atoms with Gasteiger partial charge in [-0.25, -0.2) is 8.78 Å². The molecule has 1 saturated heterocycles. The number of nitrogens with two attached hydrogens (primary N) is 1. The van der Waals surface area contributed by atoms with Gasteiger partial charge in [-0.3, -0.25) is 0 Å². The van der Waals surface area contributed by atoms with Crippen LogP contribution in [0.4, 0.5) is 8.78 Å². The van der Waals surface area contributed by atoms with Gasteiger partial charge in [-0.05, 0) is 51.5 Å². The summed E-state index contributed by atoms with van der Waals surface area (Å²) in [6, 6.07) is 3.56. The Morgan fingerprint density at radius 3 is 2.58 bits per heavy atom. The Labute approximate surface area is 112 Å². The zero-order chi connectivity index (χ0) is 13.9. The molecule has 1 fully saturated rings. The number of hydrogen-bond donors (Lipinski definition) is 1. The lowest BCUT2D eigenvalue weighted by Gasteiger charge is -2.37. The average molecular weight is 270 g/mol. The third-order valence-corrected chi connectivity index (χ3v) is 3.74. The van der Waals surface area contributed by atoms with E-state index < -0.39 is 11.6 Å². The number of halogens is 2. The Balaban J connectivity index is 1.81. The first-order valence-electron chi connectivity index (χ1n) is 6.54. The van der Waals surface area contributed by atoms with E-state index in [9.17, 15) is 8.78 Å². The number of nitrogens with zero attached hydrogens (tertiary/aromatic N) is 1. The van der Waals surface area contributed by atoms with Gasteiger partial charge < -0.3 is 15.4 Å². The fourth-order valence-corrected chi connectivity index (χ4v) is 2.25. The minimum atomic E-state index is -0.890. The lowest BCUT2D eigenvalue weighted by Crippen LogP contribution is -2.50. The predicted molar refractivity (Wildman–Crippen MR) is 70.1 cm³/mol. The Bertz CT molecular complexity index is 431. The largest absolute Gasteiger partial charge is 0.493 e. The highest BCUT2D eigenvalue weighted by Gasteiger charge is 2.29. The Hall–Kier alpha value is -1.20. The predicted octanol–water partition coefficient (Wildman–Crippen LogP) is 2.16. The van der Waals surface area contributed by atoms with E-state index in [1.54, 1.807) is 0 Å². The number of ether oxygens (including phenoxy) is 1. The van der Waals surface area contributed by atoms with Crippen molar-refractivity contribution in [2.45, 2.75) is 24.8 Å². The van der Waals surface area contributed by atoms with Gasteiger partial charge >= 0.3 is 0 Å². The Morgan fingerprint density at radius 1 is 1.26 bits per heavy atom. The quantitative estimate of drug-likeness (QED) is 0.911. The molecule has 1 aromatic rings. The molecule has 3 nitrogen and oxygen atoms in total. The Kier molecular flexibility index (Phi) is 4.37. The third kappa shape index (κ3) is 3.88. The molecule has 0 aromatic heterocycles. The lowest BCUT2D eigenvalue weighted by atomic mass is 9.86. The fraction of sp³-hybridized carbons (Fsp3) is 0.571. The van der Waals surface area contributed by atoms with E-state index in [0.717, 1.165) is 44.5 Å². The maximum atomic E-state index is 13.0. The van der Waals surface area contributed by atoms with Crippen LogP contribution in [0.25, 0.3) is 0 Å². The van der Waals surface area contributed by atoms with E-state index in [2.05, 4.69) is 11.9 Å². The summed E-state index contributed by atoms with van der Waals surface area (Å²) in [7, 11) is 2.08. The van der Waals surface area contributed by atoms with Crippen LogP contribution >= 0.6 is 0 Å². The van der Waals surface area contributed by atoms with Gasteiger partial charge in [-0.1, -0.05) is 0 Å². The molecule has 19 heavy (non-hydrogen) atoms. The van der Waals surface area contributed by atoms with Crippen molar-refractivity contribution in [3.8, 4) is 5.75 Å². The smallest absolute Gasteiger partial charge is 0.162 e. The van der Waals surface area contributed by atoms with E-state index in [0.29, 0.717) is 12.4 Å². The third-order valence-electron chi connectivity index (χ3n) is 3.74. The number of benzene rings is 1. The molecule has 0 spiro atoms. The van der Waals surface area contributed by atoms with E-state index >= 15 is 0 Å². The summed E-state index contributed by atoms with van der Waals surface area (Å²) in [4.78, 5) is 2.25. The fourth-order valence-electron chi connectivity index (χ4n) is 2.25. The minimum absolute atomic E-state index is 0.203. The number of piperidine rings is 1. The van der Waals surface area contributed by atoms with Gasteiger partial charge in [0, 0.05) is 11.6 Å². The summed E-state index contributed by atoms with van der Waals surface area (Å²) in [5.74, 6) is -1.41. The summed E-state index contributed by atoms with van der Waals surface area (Å²) in [5, 5.41) is 0. The summed E-state index contributed by atoms with van der Waals surface area (Å²) in [6.45, 7) is 2.40. The highest BCUT2D eigenvalue weighted by Crippen LogP contribution is 2.23. The monoisotopic (exact) mass is 270 g/mol. The van der Waals surface area contributed by atoms with Gasteiger partial charge in [-0.15, -0.1) is 0 Å². The van der Waals surface area contributed by atoms with Crippen molar-refractivity contribution >= 4 is 0 Å². The van der Waals surface area contributed by atoms with Gasteiger partial charge in [0.25, 0.3) is 0 Å². The second kappa shape index (κ2) is 5.84. The minimum Gasteiger partial charge on any atom is -0.493 e. The molecule has 0 unspecified atom stereocenters. The molecule has 2 N–H and O–H groups in total. The molecule has 5 heteroatoms. The number of hydrogen-bond acceptors (Lipinski definition) is 3. The van der Waals surface area contributed by atoms with Gasteiger partial charge in [0.1, 0.15) is 5.75 Å². The van der Waals surface area contributed by atoms with Gasteiger partial charge in [0.2, 0.25) is 0 Å². The first kappa shape index (κ1) is 14.2. The standard InChI is InChI=1S/C14H20F2N2O/c1-18-7-4-14(17,5-8-18)6-9-19-11-2-3-12(15)13(16)10-11/h2-3,10H,4-9,17H2,1H3. The zero-order valence-corrected chi connectivity index (χ0v) is 11.2. The summed E-state index contributed by atoms with van der Waals surface area (Å²) < 4.78 is 31.2. The van der Waals surface area contributed by atoms with Crippen LogP contribution in [0.1, 0.15) is 19.3 Å². The molecule has 0 radical (unpaired) electrons. The molecule has 106 valence electrons. The lowest BCUT2D eigenvalue weighted by molar-refractivity contribution is 0.159. The molecule has 0 aliphatic carbocycles. The zero-order valence-electron chi connectivity index (χ0n) is 11.2. The normalized spacial score (nSPS) is 19.4. The van der Waals surface area contributed by atoms with Crippen molar-refractivity contribution in [2.75, 3.05) is 26.7 Å². The van der Waals surface area contributed by atoms with Crippen LogP contribution in [0.5, 0.6) is 5.75 Å². The highest BCUT2D eigenvalue weighted by atomic mass is 19.2. The van der Waals surface area contributed by atoms with Crippen LogP contribution in [0.15, 0.2) is 18.2 Å². The van der Waals surface area contributed by atoms with Crippen molar-refractivity contribution in [1.29, 1.82) is 0 Å². The van der Waals surface area contributed by atoms with Gasteiger partial charge in [-0.2, -0.15) is 0 Å². The van der Waals surface area contributed by atoms with Crippen LogP contribution in [0.3, 0.4) is 0 Å². The average Bonchev–Trinajstić information content (AvgIpc) is 2.38. The van der Waals surface area contributed by atoms with Crippen LogP contribution < -0.4 is 10.5 Å². The second-order valence-corrected chi connectivity index (χ2v) is 5.34. The molecular weight excluding hydrogens is 250 g/mol. The summed E-state index contributed by atoms with van der Waals surface area (Å²) in [6.07, 6.45) is 2.59. The van der Waals surface area contributed by atoms with Crippen LogP contribution in [-0.4, -0.2) is 37.2 Å². The molecule has 0 atom stereocenters. The summed E-state index contributed by atoms with van der Waals surface area (Å²) >= 11 is 0. The maximum absolute atomic E-state index is 13.0. The van der Waals surface area contributed by atoms with Gasteiger partial charge in [0.05, 0.1) is 6.61 Å². The van der Waals surface area contributed by atoms with E-state index in [1.807, 2.05) is 0 Å². The molecule has 1 aliphatic heterocycles. The summed E-state index contributed by atoms with van der Waals surface area (Å²) in [5.41, 5.74) is 6.10. The SMILES string of the molecule is CN1CCC(N)(CCOc2ccc(F)c(F)c2)CC1. The van der Waals surface area contributed by atoms with E-state index in [4.69, 9.17) is 10.5 Å². The van der Waals surface area contributed by atoms with Crippen LogP contribution in [-0.2, 0) is 0 Å². The molecule has 0 bridgehead atoms. The van der Waals surface area contributed by atoms with E-state index in [1.165, 1.54) is 6.07 Å². The van der Waals surface area contributed by atoms with Crippen molar-refractivity contribution in [3.05, 3.63) is 29.8 Å². The Morgan fingerprint density at radius 2 is 1.95 bits per heavy atom. The van der Waals surface area contributed by atoms with Crippen molar-refractivity contribution in [1.82, 2.24) is 4.90 Å². The topological polar surface area (TPSA) is 38.5 Å².